The molecule has 0 bridgehead atoms. The predicted molar refractivity (Wildman–Crippen MR) is 94.5 cm³/mol. The third-order valence-corrected chi connectivity index (χ3v) is 4.22. The number of ether oxygens (including phenoxy) is 1. The van der Waals surface area contributed by atoms with E-state index in [-0.39, 0.29) is 6.04 Å². The molecule has 2 aromatic rings. The number of rotatable bonds is 3. The summed E-state index contributed by atoms with van der Waals surface area (Å²) in [6.45, 7) is 0. The average Bonchev–Trinajstić information content (AvgIpc) is 2.55. The number of aryl methyl sites for hydroxylation is 1. The van der Waals surface area contributed by atoms with Crippen molar-refractivity contribution in [3.63, 3.8) is 0 Å². The van der Waals surface area contributed by atoms with Gasteiger partial charge in [-0.3, -0.25) is 0 Å². The Morgan fingerprint density at radius 3 is 2.91 bits per heavy atom. The van der Waals surface area contributed by atoms with Gasteiger partial charge in [-0.05, 0) is 54.7 Å². The average molecular weight is 312 g/mol. The summed E-state index contributed by atoms with van der Waals surface area (Å²) >= 11 is 5.46. The minimum atomic E-state index is 0.288. The molecule has 1 aliphatic carbocycles. The Balaban J connectivity index is 1.67. The molecule has 22 heavy (non-hydrogen) atoms. The standard InChI is InChI=1S/C18H20N2OS/c1-21-15-9-5-8-14(12-15)19-18(22)20-17-11-4-7-13-6-2-3-10-16(13)17/h2-3,5-6,8-10,12,17H,4,7,11H2,1H3,(H2,19,20,22)/t17-/m0/s1. The van der Waals surface area contributed by atoms with E-state index in [0.29, 0.717) is 5.11 Å². The van der Waals surface area contributed by atoms with Crippen LogP contribution in [0.15, 0.2) is 48.5 Å². The van der Waals surface area contributed by atoms with E-state index >= 15 is 0 Å². The van der Waals surface area contributed by atoms with Gasteiger partial charge in [0.25, 0.3) is 0 Å². The van der Waals surface area contributed by atoms with E-state index < -0.39 is 0 Å². The third-order valence-electron chi connectivity index (χ3n) is 4.00. The highest BCUT2D eigenvalue weighted by Gasteiger charge is 2.20. The first-order valence-electron chi connectivity index (χ1n) is 7.55. The molecule has 0 aliphatic heterocycles. The molecule has 0 heterocycles. The molecule has 0 unspecified atom stereocenters. The van der Waals surface area contributed by atoms with Crippen LogP contribution in [0.2, 0.25) is 0 Å². The van der Waals surface area contributed by atoms with Crippen LogP contribution in [0, 0.1) is 0 Å². The van der Waals surface area contributed by atoms with Gasteiger partial charge in [-0.1, -0.05) is 30.3 Å². The summed E-state index contributed by atoms with van der Waals surface area (Å²) < 4.78 is 5.23. The van der Waals surface area contributed by atoms with Crippen LogP contribution in [0.25, 0.3) is 0 Å². The Labute approximate surface area is 136 Å². The van der Waals surface area contributed by atoms with E-state index in [0.717, 1.165) is 24.3 Å². The first-order valence-corrected chi connectivity index (χ1v) is 7.96. The number of nitrogens with one attached hydrogen (secondary N) is 2. The SMILES string of the molecule is COc1cccc(NC(=S)N[C@H]2CCCc3ccccc32)c1. The zero-order valence-electron chi connectivity index (χ0n) is 12.6. The lowest BCUT2D eigenvalue weighted by molar-refractivity contribution is 0.415. The van der Waals surface area contributed by atoms with Crippen LogP contribution >= 0.6 is 12.2 Å². The van der Waals surface area contributed by atoms with Crippen molar-refractivity contribution < 1.29 is 4.74 Å². The van der Waals surface area contributed by atoms with Crippen LogP contribution in [0.3, 0.4) is 0 Å². The second kappa shape index (κ2) is 6.79. The molecule has 114 valence electrons. The summed E-state index contributed by atoms with van der Waals surface area (Å²) in [7, 11) is 1.66. The van der Waals surface area contributed by atoms with Crippen molar-refractivity contribution in [3.05, 3.63) is 59.7 Å². The highest BCUT2D eigenvalue weighted by Crippen LogP contribution is 2.29. The molecule has 2 aromatic carbocycles. The second-order valence-corrected chi connectivity index (χ2v) is 5.88. The van der Waals surface area contributed by atoms with Gasteiger partial charge in [-0.25, -0.2) is 0 Å². The Morgan fingerprint density at radius 1 is 1.18 bits per heavy atom. The third kappa shape index (κ3) is 3.39. The molecule has 2 N–H and O–H groups in total. The van der Waals surface area contributed by atoms with E-state index in [1.54, 1.807) is 7.11 Å². The van der Waals surface area contributed by atoms with Gasteiger partial charge >= 0.3 is 0 Å². The lowest BCUT2D eigenvalue weighted by Crippen LogP contribution is -2.34. The maximum Gasteiger partial charge on any atom is 0.171 e. The van der Waals surface area contributed by atoms with Gasteiger partial charge in [0.05, 0.1) is 13.2 Å². The Bertz CT molecular complexity index is 672. The maximum atomic E-state index is 5.46. The molecule has 0 saturated heterocycles. The maximum absolute atomic E-state index is 5.46. The molecule has 3 nitrogen and oxygen atoms in total. The number of methoxy groups -OCH3 is 1. The summed E-state index contributed by atoms with van der Waals surface area (Å²) in [5, 5.41) is 7.32. The molecule has 0 amide bonds. The molecule has 4 heteroatoms. The van der Waals surface area contributed by atoms with E-state index in [2.05, 4.69) is 34.9 Å². The fourth-order valence-corrected chi connectivity index (χ4v) is 3.19. The fourth-order valence-electron chi connectivity index (χ4n) is 2.93. The number of thiocarbonyl (C=S) groups is 1. The van der Waals surface area contributed by atoms with Crippen LogP contribution in [-0.4, -0.2) is 12.2 Å². The zero-order valence-corrected chi connectivity index (χ0v) is 13.5. The van der Waals surface area contributed by atoms with Gasteiger partial charge in [0.2, 0.25) is 0 Å². The van der Waals surface area contributed by atoms with Gasteiger partial charge in [0.1, 0.15) is 5.75 Å². The Morgan fingerprint density at radius 2 is 2.05 bits per heavy atom. The fraction of sp³-hybridized carbons (Fsp3) is 0.278. The number of benzene rings is 2. The van der Waals surface area contributed by atoms with E-state index in [9.17, 15) is 0 Å². The lowest BCUT2D eigenvalue weighted by atomic mass is 9.88. The van der Waals surface area contributed by atoms with E-state index in [1.807, 2.05) is 24.3 Å². The predicted octanol–water partition coefficient (Wildman–Crippen LogP) is 4.06. The topological polar surface area (TPSA) is 33.3 Å². The van der Waals surface area contributed by atoms with Crippen molar-refractivity contribution >= 4 is 23.0 Å². The molecule has 1 aliphatic rings. The van der Waals surface area contributed by atoms with Gasteiger partial charge in [-0.2, -0.15) is 0 Å². The highest BCUT2D eigenvalue weighted by molar-refractivity contribution is 7.80. The van der Waals surface area contributed by atoms with Crippen LogP contribution in [0.4, 0.5) is 5.69 Å². The van der Waals surface area contributed by atoms with E-state index in [1.165, 1.54) is 17.5 Å². The second-order valence-electron chi connectivity index (χ2n) is 5.47. The monoisotopic (exact) mass is 312 g/mol. The summed E-state index contributed by atoms with van der Waals surface area (Å²) in [4.78, 5) is 0. The zero-order chi connectivity index (χ0) is 15.4. The number of fused-ring (bicyclic) bond motifs is 1. The normalized spacial score (nSPS) is 16.5. The lowest BCUT2D eigenvalue weighted by Gasteiger charge is -2.27. The summed E-state index contributed by atoms with van der Waals surface area (Å²) in [5.41, 5.74) is 3.72. The summed E-state index contributed by atoms with van der Waals surface area (Å²) in [6, 6.07) is 16.7. The summed E-state index contributed by atoms with van der Waals surface area (Å²) in [6.07, 6.45) is 3.46. The molecular weight excluding hydrogens is 292 g/mol. The molecule has 0 radical (unpaired) electrons. The summed E-state index contributed by atoms with van der Waals surface area (Å²) in [5.74, 6) is 0.816. The van der Waals surface area contributed by atoms with E-state index in [4.69, 9.17) is 17.0 Å². The van der Waals surface area contributed by atoms with Gasteiger partial charge < -0.3 is 15.4 Å². The number of hydrogen-bond donors (Lipinski definition) is 2. The van der Waals surface area contributed by atoms with Crippen LogP contribution < -0.4 is 15.4 Å². The minimum absolute atomic E-state index is 0.288. The van der Waals surface area contributed by atoms with Gasteiger partial charge in [-0.15, -0.1) is 0 Å². The first-order chi connectivity index (χ1) is 10.8. The Kier molecular flexibility index (Phi) is 4.59. The molecule has 1 atom stereocenters. The van der Waals surface area contributed by atoms with Crippen LogP contribution in [-0.2, 0) is 6.42 Å². The van der Waals surface area contributed by atoms with Gasteiger partial charge in [0.15, 0.2) is 5.11 Å². The highest BCUT2D eigenvalue weighted by atomic mass is 32.1. The molecule has 0 fully saturated rings. The minimum Gasteiger partial charge on any atom is -0.497 e. The molecule has 0 aromatic heterocycles. The van der Waals surface area contributed by atoms with Crippen molar-refractivity contribution in [2.45, 2.75) is 25.3 Å². The smallest absolute Gasteiger partial charge is 0.171 e. The van der Waals surface area contributed by atoms with Crippen molar-refractivity contribution in [2.75, 3.05) is 12.4 Å². The Hall–Kier alpha value is -2.07. The number of anilines is 1. The van der Waals surface area contributed by atoms with Crippen LogP contribution in [0.5, 0.6) is 5.75 Å². The molecular formula is C18H20N2OS. The molecule has 0 spiro atoms. The van der Waals surface area contributed by atoms with Crippen molar-refractivity contribution in [1.29, 1.82) is 0 Å². The largest absolute Gasteiger partial charge is 0.497 e. The quantitative estimate of drug-likeness (QED) is 0.838. The molecule has 3 rings (SSSR count). The van der Waals surface area contributed by atoms with Crippen molar-refractivity contribution in [1.82, 2.24) is 5.32 Å². The van der Waals surface area contributed by atoms with Gasteiger partial charge in [0, 0.05) is 11.8 Å². The van der Waals surface area contributed by atoms with Crippen molar-refractivity contribution in [2.24, 2.45) is 0 Å². The van der Waals surface area contributed by atoms with Crippen LogP contribution in [0.1, 0.15) is 30.0 Å². The number of hydrogen-bond acceptors (Lipinski definition) is 2. The first kappa shape index (κ1) is 14.9. The molecule has 0 saturated carbocycles. The van der Waals surface area contributed by atoms with Crippen molar-refractivity contribution in [3.8, 4) is 5.75 Å².